The van der Waals surface area contributed by atoms with Gasteiger partial charge in [-0.3, -0.25) is 4.79 Å². The van der Waals surface area contributed by atoms with Gasteiger partial charge < -0.3 is 15.0 Å². The Morgan fingerprint density at radius 2 is 1.84 bits per heavy atom. The second-order valence-electron chi connectivity index (χ2n) is 5.40. The number of nitrogens with one attached hydrogen (secondary N) is 1. The Morgan fingerprint density at radius 1 is 1.16 bits per heavy atom. The van der Waals surface area contributed by atoms with E-state index in [1.807, 2.05) is 0 Å². The zero-order chi connectivity index (χ0) is 18.6. The predicted molar refractivity (Wildman–Crippen MR) is 85.0 cm³/mol. The Morgan fingerprint density at radius 3 is 2.44 bits per heavy atom. The first-order valence-corrected chi connectivity index (χ1v) is 7.26. The average molecular weight is 356 g/mol. The van der Waals surface area contributed by atoms with Gasteiger partial charge in [0.25, 0.3) is 5.91 Å². The van der Waals surface area contributed by atoms with Crippen molar-refractivity contribution in [2.45, 2.75) is 12.9 Å². The molecule has 0 fully saturated rings. The molecule has 134 valence electrons. The van der Waals surface area contributed by atoms with Crippen LogP contribution >= 0.6 is 0 Å². The molecule has 1 N–H and O–H groups in total. The molecule has 0 heterocycles. The molecule has 0 aromatic heterocycles. The van der Waals surface area contributed by atoms with Gasteiger partial charge >= 0.3 is 6.36 Å². The van der Waals surface area contributed by atoms with Crippen LogP contribution in [0.5, 0.6) is 5.75 Å². The molecule has 0 bridgehead atoms. The summed E-state index contributed by atoms with van der Waals surface area (Å²) in [6.45, 7) is -0.192. The van der Waals surface area contributed by atoms with Crippen LogP contribution in [0.15, 0.2) is 42.5 Å². The van der Waals surface area contributed by atoms with Crippen LogP contribution in [0.25, 0.3) is 0 Å². The summed E-state index contributed by atoms with van der Waals surface area (Å²) in [5, 5.41) is 2.45. The minimum absolute atomic E-state index is 0.0670. The number of ether oxygens (including phenoxy) is 1. The molecule has 1 amide bonds. The smallest absolute Gasteiger partial charge is 0.405 e. The SMILES string of the molecule is CN(C)c1ccc(C(=O)NCc2ccccc2OC(F)(F)F)cc1F. The summed E-state index contributed by atoms with van der Waals surface area (Å²) in [5.74, 6) is -1.58. The highest BCUT2D eigenvalue weighted by atomic mass is 19.4. The average Bonchev–Trinajstić information content (AvgIpc) is 2.51. The third-order valence-electron chi connectivity index (χ3n) is 3.33. The predicted octanol–water partition coefficient (Wildman–Crippen LogP) is 3.72. The van der Waals surface area contributed by atoms with Gasteiger partial charge in [-0.2, -0.15) is 0 Å². The molecule has 8 heteroatoms. The number of nitrogens with zero attached hydrogens (tertiary/aromatic N) is 1. The fraction of sp³-hybridized carbons (Fsp3) is 0.235. The molecule has 0 radical (unpaired) electrons. The Bertz CT molecular complexity index is 761. The maximum absolute atomic E-state index is 13.9. The third kappa shape index (κ3) is 5.10. The highest BCUT2D eigenvalue weighted by Gasteiger charge is 2.32. The Labute approximate surface area is 142 Å². The molecule has 0 aliphatic carbocycles. The van der Waals surface area contributed by atoms with E-state index in [2.05, 4.69) is 10.1 Å². The van der Waals surface area contributed by atoms with Crippen LogP contribution in [0, 0.1) is 5.82 Å². The molecule has 2 aromatic carbocycles. The lowest BCUT2D eigenvalue weighted by atomic mass is 10.1. The molecule has 25 heavy (non-hydrogen) atoms. The van der Waals surface area contributed by atoms with Gasteiger partial charge in [-0.1, -0.05) is 18.2 Å². The van der Waals surface area contributed by atoms with Crippen LogP contribution in [0.2, 0.25) is 0 Å². The Hall–Kier alpha value is -2.77. The molecule has 2 rings (SSSR count). The van der Waals surface area contributed by atoms with E-state index >= 15 is 0 Å². The number of anilines is 1. The second-order valence-corrected chi connectivity index (χ2v) is 5.40. The first kappa shape index (κ1) is 18.6. The largest absolute Gasteiger partial charge is 0.573 e. The second kappa shape index (κ2) is 7.42. The van der Waals surface area contributed by atoms with E-state index in [-0.39, 0.29) is 17.7 Å². The zero-order valence-corrected chi connectivity index (χ0v) is 13.5. The van der Waals surface area contributed by atoms with Crippen molar-refractivity contribution in [1.82, 2.24) is 5.32 Å². The Balaban J connectivity index is 2.09. The molecule has 4 nitrogen and oxygen atoms in total. The molecule has 0 atom stereocenters. The maximum atomic E-state index is 13.9. The number of carbonyl (C=O) groups excluding carboxylic acids is 1. The summed E-state index contributed by atoms with van der Waals surface area (Å²) in [5.41, 5.74) is 0.538. The maximum Gasteiger partial charge on any atom is 0.573 e. The summed E-state index contributed by atoms with van der Waals surface area (Å²) in [6, 6.07) is 9.43. The number of rotatable bonds is 5. The Kier molecular flexibility index (Phi) is 5.51. The summed E-state index contributed by atoms with van der Waals surface area (Å²) in [4.78, 5) is 13.7. The van der Waals surface area contributed by atoms with Gasteiger partial charge in [-0.15, -0.1) is 13.2 Å². The lowest BCUT2D eigenvalue weighted by Gasteiger charge is -2.15. The van der Waals surface area contributed by atoms with Crippen LogP contribution in [-0.4, -0.2) is 26.4 Å². The lowest BCUT2D eigenvalue weighted by Crippen LogP contribution is -2.24. The standard InChI is InChI=1S/C17H16F4N2O2/c1-23(2)14-8-7-11(9-13(14)18)16(24)22-10-12-5-3-4-6-15(12)25-17(19,20)21/h3-9H,10H2,1-2H3,(H,22,24). The molecule has 0 aliphatic rings. The van der Waals surface area contributed by atoms with Crippen LogP contribution in [0.3, 0.4) is 0 Å². The van der Waals surface area contributed by atoms with Crippen LogP contribution in [0.1, 0.15) is 15.9 Å². The van der Waals surface area contributed by atoms with Crippen molar-refractivity contribution in [2.24, 2.45) is 0 Å². The first-order valence-electron chi connectivity index (χ1n) is 7.26. The summed E-state index contributed by atoms with van der Waals surface area (Å²) in [7, 11) is 3.32. The third-order valence-corrected chi connectivity index (χ3v) is 3.33. The number of benzene rings is 2. The number of hydrogen-bond acceptors (Lipinski definition) is 3. The van der Waals surface area contributed by atoms with Gasteiger partial charge in [0.1, 0.15) is 11.6 Å². The van der Waals surface area contributed by atoms with Gasteiger partial charge in [0.05, 0.1) is 5.69 Å². The molecule has 0 saturated heterocycles. The summed E-state index contributed by atoms with van der Waals surface area (Å²) >= 11 is 0. The fourth-order valence-corrected chi connectivity index (χ4v) is 2.16. The minimum atomic E-state index is -4.83. The van der Waals surface area contributed by atoms with Crippen LogP contribution in [0.4, 0.5) is 23.2 Å². The molecule has 0 saturated carbocycles. The number of carbonyl (C=O) groups is 1. The number of para-hydroxylation sites is 1. The van der Waals surface area contributed by atoms with Crippen molar-refractivity contribution < 1.29 is 27.1 Å². The van der Waals surface area contributed by atoms with Gasteiger partial charge in [0.2, 0.25) is 0 Å². The van der Waals surface area contributed by atoms with E-state index < -0.39 is 23.8 Å². The van der Waals surface area contributed by atoms with Crippen molar-refractivity contribution in [3.8, 4) is 5.75 Å². The van der Waals surface area contributed by atoms with Gasteiger partial charge in [0.15, 0.2) is 0 Å². The van der Waals surface area contributed by atoms with Crippen molar-refractivity contribution >= 4 is 11.6 Å². The topological polar surface area (TPSA) is 41.6 Å². The van der Waals surface area contributed by atoms with E-state index in [1.54, 1.807) is 19.0 Å². The van der Waals surface area contributed by atoms with E-state index in [0.29, 0.717) is 5.69 Å². The van der Waals surface area contributed by atoms with Crippen LogP contribution < -0.4 is 15.0 Å². The summed E-state index contributed by atoms with van der Waals surface area (Å²) in [6.07, 6.45) is -4.83. The monoisotopic (exact) mass is 356 g/mol. The number of hydrogen-bond donors (Lipinski definition) is 1. The normalized spacial score (nSPS) is 11.1. The van der Waals surface area contributed by atoms with Gasteiger partial charge in [-0.05, 0) is 24.3 Å². The van der Waals surface area contributed by atoms with E-state index in [0.717, 1.165) is 12.1 Å². The van der Waals surface area contributed by atoms with Gasteiger partial charge in [0, 0.05) is 31.8 Å². The number of halogens is 4. The van der Waals surface area contributed by atoms with Crippen molar-refractivity contribution in [1.29, 1.82) is 0 Å². The highest BCUT2D eigenvalue weighted by Crippen LogP contribution is 2.26. The number of amides is 1. The highest BCUT2D eigenvalue weighted by molar-refractivity contribution is 5.94. The van der Waals surface area contributed by atoms with E-state index in [4.69, 9.17) is 0 Å². The summed E-state index contributed by atoms with van der Waals surface area (Å²) < 4.78 is 55.0. The molecule has 0 unspecified atom stereocenters. The van der Waals surface area contributed by atoms with Crippen molar-refractivity contribution in [2.75, 3.05) is 19.0 Å². The quantitative estimate of drug-likeness (QED) is 0.831. The molecular weight excluding hydrogens is 340 g/mol. The zero-order valence-electron chi connectivity index (χ0n) is 13.5. The molecular formula is C17H16F4N2O2. The van der Waals surface area contributed by atoms with Crippen molar-refractivity contribution in [3.63, 3.8) is 0 Å². The number of alkyl halides is 3. The van der Waals surface area contributed by atoms with Gasteiger partial charge in [-0.25, -0.2) is 4.39 Å². The minimum Gasteiger partial charge on any atom is -0.405 e. The molecule has 0 aliphatic heterocycles. The van der Waals surface area contributed by atoms with Crippen molar-refractivity contribution in [3.05, 3.63) is 59.4 Å². The fourth-order valence-electron chi connectivity index (χ4n) is 2.16. The first-order chi connectivity index (χ1) is 11.7. The van der Waals surface area contributed by atoms with E-state index in [1.165, 1.54) is 30.3 Å². The molecule has 2 aromatic rings. The van der Waals surface area contributed by atoms with E-state index in [9.17, 15) is 22.4 Å². The lowest BCUT2D eigenvalue weighted by molar-refractivity contribution is -0.274. The molecule has 0 spiro atoms. The van der Waals surface area contributed by atoms with Crippen LogP contribution in [-0.2, 0) is 6.54 Å².